The van der Waals surface area contributed by atoms with Gasteiger partial charge < -0.3 is 10.2 Å². The molecule has 2 amide bonds. The minimum Gasteiger partial charge on any atom is -0.338 e. The molecule has 0 bridgehead atoms. The molecule has 0 saturated carbocycles. The molecular weight excluding hydrogens is 216 g/mol. The molecule has 6 heteroatoms. The molecule has 1 aliphatic heterocycles. The summed E-state index contributed by atoms with van der Waals surface area (Å²) in [5.41, 5.74) is 0. The fourth-order valence-electron chi connectivity index (χ4n) is 1.56. The molecule has 0 aromatic carbocycles. The zero-order valence-electron chi connectivity index (χ0n) is 9.03. The molecule has 5 nitrogen and oxygen atoms in total. The first-order valence-electron chi connectivity index (χ1n) is 5.19. The molecule has 0 atom stereocenters. The van der Waals surface area contributed by atoms with Gasteiger partial charge in [0.25, 0.3) is 0 Å². The summed E-state index contributed by atoms with van der Waals surface area (Å²) in [4.78, 5) is 13.2. The van der Waals surface area contributed by atoms with Crippen LogP contribution in [0.15, 0.2) is 0 Å². The van der Waals surface area contributed by atoms with Crippen LogP contribution in [0.3, 0.4) is 0 Å². The molecule has 0 radical (unpaired) electrons. The van der Waals surface area contributed by atoms with E-state index in [1.54, 1.807) is 4.90 Å². The molecule has 1 N–H and O–H groups in total. The highest BCUT2D eigenvalue weighted by Crippen LogP contribution is 2.06. The number of hydrogen-bond donors (Lipinski definition) is 1. The number of nitrogens with one attached hydrogen (secondary N) is 1. The minimum absolute atomic E-state index is 0.0685. The number of carbonyl (C=O) groups is 1. The van der Waals surface area contributed by atoms with Crippen molar-refractivity contribution in [2.45, 2.75) is 19.3 Å². The molecule has 1 saturated heterocycles. The lowest BCUT2D eigenvalue weighted by atomic mass is 10.4. The van der Waals surface area contributed by atoms with E-state index in [-0.39, 0.29) is 11.8 Å². The molecule has 0 unspecified atom stereocenters. The Hall–Kier alpha value is -0.780. The van der Waals surface area contributed by atoms with E-state index in [1.807, 2.05) is 0 Å². The highest BCUT2D eigenvalue weighted by molar-refractivity contribution is 7.90. The molecule has 1 aliphatic rings. The number of amides is 2. The van der Waals surface area contributed by atoms with Gasteiger partial charge in [0.15, 0.2) is 0 Å². The number of likely N-dealkylation sites (tertiary alicyclic amines) is 1. The predicted molar refractivity (Wildman–Crippen MR) is 58.5 cm³/mol. The Balaban J connectivity index is 2.12. The van der Waals surface area contributed by atoms with Crippen molar-refractivity contribution in [2.24, 2.45) is 0 Å². The van der Waals surface area contributed by atoms with Gasteiger partial charge in [0.1, 0.15) is 9.84 Å². The Morgan fingerprint density at radius 1 is 1.33 bits per heavy atom. The van der Waals surface area contributed by atoms with Gasteiger partial charge in [0, 0.05) is 25.9 Å². The Labute approximate surface area is 90.7 Å². The second kappa shape index (κ2) is 5.34. The fraction of sp³-hybridized carbons (Fsp3) is 0.889. The third-order valence-electron chi connectivity index (χ3n) is 2.36. The monoisotopic (exact) mass is 234 g/mol. The summed E-state index contributed by atoms with van der Waals surface area (Å²) in [6, 6.07) is -0.0685. The maximum absolute atomic E-state index is 11.4. The van der Waals surface area contributed by atoms with Gasteiger partial charge in [0.05, 0.1) is 5.75 Å². The summed E-state index contributed by atoms with van der Waals surface area (Å²) in [7, 11) is -2.91. The van der Waals surface area contributed by atoms with Crippen LogP contribution >= 0.6 is 0 Å². The van der Waals surface area contributed by atoms with Crippen molar-refractivity contribution in [3.8, 4) is 0 Å². The number of urea groups is 1. The van der Waals surface area contributed by atoms with Gasteiger partial charge in [-0.15, -0.1) is 0 Å². The van der Waals surface area contributed by atoms with Crippen LogP contribution < -0.4 is 5.32 Å². The average Bonchev–Trinajstić information content (AvgIpc) is 2.63. The molecule has 0 aromatic heterocycles. The number of hydrogen-bond acceptors (Lipinski definition) is 3. The zero-order chi connectivity index (χ0) is 11.3. The van der Waals surface area contributed by atoms with Gasteiger partial charge >= 0.3 is 6.03 Å². The van der Waals surface area contributed by atoms with Crippen LogP contribution in [0.25, 0.3) is 0 Å². The number of carbonyl (C=O) groups excluding carboxylic acids is 1. The molecule has 1 rings (SSSR count). The van der Waals surface area contributed by atoms with Crippen molar-refractivity contribution in [3.63, 3.8) is 0 Å². The minimum atomic E-state index is -2.91. The molecule has 88 valence electrons. The highest BCUT2D eigenvalue weighted by Gasteiger charge is 2.16. The number of rotatable bonds is 4. The Morgan fingerprint density at radius 3 is 2.47 bits per heavy atom. The van der Waals surface area contributed by atoms with E-state index >= 15 is 0 Å². The lowest BCUT2D eigenvalue weighted by Crippen LogP contribution is -2.38. The summed E-state index contributed by atoms with van der Waals surface area (Å²) in [6.45, 7) is 2.07. The average molecular weight is 234 g/mol. The van der Waals surface area contributed by atoms with Crippen LogP contribution in [0.4, 0.5) is 4.79 Å². The molecule has 15 heavy (non-hydrogen) atoms. The summed E-state index contributed by atoms with van der Waals surface area (Å²) in [5.74, 6) is 0.132. The SMILES string of the molecule is CS(=O)(=O)CCCNC(=O)N1CCCC1. The maximum atomic E-state index is 11.4. The molecule has 1 fully saturated rings. The number of nitrogens with zero attached hydrogens (tertiary/aromatic N) is 1. The molecule has 0 spiro atoms. The van der Waals surface area contributed by atoms with Gasteiger partial charge in [-0.1, -0.05) is 0 Å². The quantitative estimate of drug-likeness (QED) is 0.708. The summed E-state index contributed by atoms with van der Waals surface area (Å²) >= 11 is 0. The van der Waals surface area contributed by atoms with Crippen molar-refractivity contribution in [2.75, 3.05) is 31.6 Å². The standard InChI is InChI=1S/C9H18N2O3S/c1-15(13,14)8-4-5-10-9(12)11-6-2-3-7-11/h2-8H2,1H3,(H,10,12). The van der Waals surface area contributed by atoms with E-state index in [9.17, 15) is 13.2 Å². The van der Waals surface area contributed by atoms with Crippen molar-refractivity contribution in [1.29, 1.82) is 0 Å². The van der Waals surface area contributed by atoms with E-state index in [4.69, 9.17) is 0 Å². The van der Waals surface area contributed by atoms with Crippen molar-refractivity contribution < 1.29 is 13.2 Å². The molecule has 0 aliphatic carbocycles. The predicted octanol–water partition coefficient (Wildman–Crippen LogP) is 0.226. The smallest absolute Gasteiger partial charge is 0.317 e. The van der Waals surface area contributed by atoms with Crippen molar-refractivity contribution >= 4 is 15.9 Å². The fourth-order valence-corrected chi connectivity index (χ4v) is 2.23. The van der Waals surface area contributed by atoms with Gasteiger partial charge in [-0.3, -0.25) is 0 Å². The van der Waals surface area contributed by atoms with E-state index in [0.717, 1.165) is 25.9 Å². The first-order valence-corrected chi connectivity index (χ1v) is 7.25. The Kier molecular flexibility index (Phi) is 4.38. The van der Waals surface area contributed by atoms with Crippen LogP contribution in [-0.2, 0) is 9.84 Å². The van der Waals surface area contributed by atoms with Gasteiger partial charge in [0.2, 0.25) is 0 Å². The lowest BCUT2D eigenvalue weighted by molar-refractivity contribution is 0.209. The van der Waals surface area contributed by atoms with E-state index in [0.29, 0.717) is 13.0 Å². The van der Waals surface area contributed by atoms with Crippen LogP contribution in [0.5, 0.6) is 0 Å². The maximum Gasteiger partial charge on any atom is 0.317 e. The van der Waals surface area contributed by atoms with E-state index in [2.05, 4.69) is 5.32 Å². The van der Waals surface area contributed by atoms with Gasteiger partial charge in [-0.25, -0.2) is 13.2 Å². The van der Waals surface area contributed by atoms with Gasteiger partial charge in [-0.05, 0) is 19.3 Å². The zero-order valence-corrected chi connectivity index (χ0v) is 9.85. The lowest BCUT2D eigenvalue weighted by Gasteiger charge is -2.15. The first-order chi connectivity index (χ1) is 6.99. The molecule has 0 aromatic rings. The number of sulfone groups is 1. The third-order valence-corrected chi connectivity index (χ3v) is 3.39. The third kappa shape index (κ3) is 5.01. The summed E-state index contributed by atoms with van der Waals surface area (Å²) in [6.07, 6.45) is 3.82. The topological polar surface area (TPSA) is 66.5 Å². The van der Waals surface area contributed by atoms with Gasteiger partial charge in [-0.2, -0.15) is 0 Å². The molecule has 1 heterocycles. The van der Waals surface area contributed by atoms with Crippen LogP contribution in [-0.4, -0.2) is 51.0 Å². The highest BCUT2D eigenvalue weighted by atomic mass is 32.2. The van der Waals surface area contributed by atoms with E-state index in [1.165, 1.54) is 6.26 Å². The second-order valence-electron chi connectivity index (χ2n) is 3.91. The summed E-state index contributed by atoms with van der Waals surface area (Å²) in [5, 5.41) is 2.72. The van der Waals surface area contributed by atoms with Crippen molar-refractivity contribution in [3.05, 3.63) is 0 Å². The Bertz CT molecular complexity index is 307. The van der Waals surface area contributed by atoms with Crippen LogP contribution in [0.1, 0.15) is 19.3 Å². The van der Waals surface area contributed by atoms with Crippen LogP contribution in [0.2, 0.25) is 0 Å². The first kappa shape index (κ1) is 12.3. The Morgan fingerprint density at radius 2 is 1.93 bits per heavy atom. The largest absolute Gasteiger partial charge is 0.338 e. The van der Waals surface area contributed by atoms with E-state index < -0.39 is 9.84 Å². The molecular formula is C9H18N2O3S. The van der Waals surface area contributed by atoms with Crippen LogP contribution in [0, 0.1) is 0 Å². The normalized spacial score (nSPS) is 16.7. The summed E-state index contributed by atoms with van der Waals surface area (Å²) < 4.78 is 21.6. The van der Waals surface area contributed by atoms with Crippen molar-refractivity contribution in [1.82, 2.24) is 10.2 Å². The second-order valence-corrected chi connectivity index (χ2v) is 6.17.